The number of hydrogen-bond acceptors (Lipinski definition) is 11. The van der Waals surface area contributed by atoms with Gasteiger partial charge >= 0.3 is 0 Å². The van der Waals surface area contributed by atoms with Crippen LogP contribution < -0.4 is 20.7 Å². The molecule has 4 fully saturated rings. The van der Waals surface area contributed by atoms with E-state index in [2.05, 4.69) is 41.8 Å². The molecule has 0 saturated carbocycles. The molecular formula is C48H56N10O4. The molecule has 322 valence electrons. The van der Waals surface area contributed by atoms with Gasteiger partial charge in [-0.3, -0.25) is 19.7 Å². The van der Waals surface area contributed by atoms with Crippen molar-refractivity contribution in [2.45, 2.75) is 76.4 Å². The Morgan fingerprint density at radius 3 is 2.35 bits per heavy atom. The zero-order chi connectivity index (χ0) is 42.2. The second-order valence-corrected chi connectivity index (χ2v) is 18.0. The standard InChI is InChI=1S/C48H56N10O4/c49-45-43-44(34-8-11-39(12-9-34)62-38-6-2-1-3-7-38)53-58(46(43)51-31-50-45)37-5-4-21-55(30-37)28-33-17-23-54(24-18-33)22-16-32-19-25-56(26-20-32)36-10-13-40-35(27-36)29-57(48(40)61)41-14-15-42(59)52-47(41)60/h1-3,6-13,27,31-33,37,41H,4-5,14-26,28-30H2,(H2,49,50,51)(H,52,59,60)/t37-,41?/m1/s1. The molecule has 0 aliphatic carbocycles. The highest BCUT2D eigenvalue weighted by atomic mass is 16.5. The number of carbonyl (C=O) groups excluding carboxylic acids is 3. The van der Waals surface area contributed by atoms with Crippen LogP contribution >= 0.6 is 0 Å². The highest BCUT2D eigenvalue weighted by Gasteiger charge is 2.39. The maximum atomic E-state index is 13.2. The van der Waals surface area contributed by atoms with E-state index in [1.54, 1.807) is 11.2 Å². The first-order valence-electron chi connectivity index (χ1n) is 22.6. The molecular weight excluding hydrogens is 781 g/mol. The van der Waals surface area contributed by atoms with Crippen LogP contribution in [0, 0.1) is 11.8 Å². The molecule has 14 nitrogen and oxygen atoms in total. The largest absolute Gasteiger partial charge is 0.457 e. The topological polar surface area (TPSA) is 155 Å². The lowest BCUT2D eigenvalue weighted by atomic mass is 9.91. The number of carbonyl (C=O) groups is 3. The number of imide groups is 1. The van der Waals surface area contributed by atoms with Crippen molar-refractivity contribution in [2.24, 2.45) is 11.8 Å². The van der Waals surface area contributed by atoms with Gasteiger partial charge in [0.2, 0.25) is 11.8 Å². The summed E-state index contributed by atoms with van der Waals surface area (Å²) in [5.74, 6) is 2.68. The fraction of sp³-hybridized carbons (Fsp3) is 0.458. The molecule has 10 rings (SSSR count). The van der Waals surface area contributed by atoms with Crippen LogP contribution in [0.4, 0.5) is 11.5 Å². The Kier molecular flexibility index (Phi) is 11.3. The fourth-order valence-corrected chi connectivity index (χ4v) is 10.5. The van der Waals surface area contributed by atoms with E-state index >= 15 is 0 Å². The van der Waals surface area contributed by atoms with Gasteiger partial charge in [-0.2, -0.15) is 5.10 Å². The first-order valence-corrected chi connectivity index (χ1v) is 22.6. The number of nitrogens with zero attached hydrogens (tertiary/aromatic N) is 8. The smallest absolute Gasteiger partial charge is 0.255 e. The number of anilines is 2. The zero-order valence-corrected chi connectivity index (χ0v) is 35.3. The first kappa shape index (κ1) is 40.2. The van der Waals surface area contributed by atoms with Crippen molar-refractivity contribution in [1.29, 1.82) is 0 Å². The molecule has 14 heteroatoms. The van der Waals surface area contributed by atoms with Crippen molar-refractivity contribution in [3.8, 4) is 22.8 Å². The van der Waals surface area contributed by atoms with Gasteiger partial charge in [0.1, 0.15) is 35.4 Å². The van der Waals surface area contributed by atoms with Crippen LogP contribution in [0.5, 0.6) is 11.5 Å². The summed E-state index contributed by atoms with van der Waals surface area (Å²) in [6.45, 7) is 9.15. The number of nitrogens with two attached hydrogens (primary N) is 1. The number of hydrogen-bond donors (Lipinski definition) is 2. The van der Waals surface area contributed by atoms with Crippen LogP contribution in [0.1, 0.15) is 79.8 Å². The molecule has 1 unspecified atom stereocenters. The van der Waals surface area contributed by atoms with Crippen molar-refractivity contribution in [2.75, 3.05) is 63.0 Å². The van der Waals surface area contributed by atoms with Gasteiger partial charge in [0.05, 0.1) is 11.4 Å². The lowest BCUT2D eigenvalue weighted by molar-refractivity contribution is -0.136. The molecule has 5 aromatic rings. The van der Waals surface area contributed by atoms with E-state index in [1.165, 1.54) is 51.7 Å². The molecule has 3 N–H and O–H groups in total. The van der Waals surface area contributed by atoms with Crippen molar-refractivity contribution in [3.63, 3.8) is 0 Å². The number of likely N-dealkylation sites (tertiary alicyclic amines) is 2. The first-order chi connectivity index (χ1) is 30.3. The number of piperidine rings is 4. The Hall–Kier alpha value is -5.86. The Bertz CT molecular complexity index is 2420. The Morgan fingerprint density at radius 2 is 1.56 bits per heavy atom. The summed E-state index contributed by atoms with van der Waals surface area (Å²) in [6, 6.07) is 23.5. The van der Waals surface area contributed by atoms with E-state index in [-0.39, 0.29) is 30.2 Å². The second-order valence-electron chi connectivity index (χ2n) is 18.0. The van der Waals surface area contributed by atoms with Crippen LogP contribution in [0.2, 0.25) is 0 Å². The number of nitrogen functional groups attached to an aromatic ring is 1. The molecule has 2 atom stereocenters. The predicted molar refractivity (Wildman–Crippen MR) is 238 cm³/mol. The van der Waals surface area contributed by atoms with E-state index in [0.29, 0.717) is 30.3 Å². The van der Waals surface area contributed by atoms with E-state index in [9.17, 15) is 14.4 Å². The molecule has 5 aliphatic rings. The number of ether oxygens (including phenoxy) is 1. The van der Waals surface area contributed by atoms with Gasteiger partial charge in [-0.25, -0.2) is 14.6 Å². The Balaban J connectivity index is 0.686. The molecule has 0 bridgehead atoms. The minimum Gasteiger partial charge on any atom is -0.457 e. The van der Waals surface area contributed by atoms with E-state index < -0.39 is 6.04 Å². The van der Waals surface area contributed by atoms with Crippen LogP contribution in [-0.2, 0) is 16.1 Å². The van der Waals surface area contributed by atoms with Crippen molar-refractivity contribution < 1.29 is 19.1 Å². The van der Waals surface area contributed by atoms with Crippen LogP contribution in [0.25, 0.3) is 22.3 Å². The lowest BCUT2D eigenvalue weighted by Crippen LogP contribution is -2.52. The van der Waals surface area contributed by atoms with Crippen molar-refractivity contribution in [3.05, 3.63) is 90.3 Å². The SMILES string of the molecule is Nc1ncnc2c1c(-c1ccc(Oc3ccccc3)cc1)nn2[C@@H]1CCCN(CC2CCN(CCC3CCN(c4ccc5c(c4)CN(C4CCC(=O)NC4=O)C5=O)CC3)CC2)C1. The Labute approximate surface area is 362 Å². The van der Waals surface area contributed by atoms with Crippen LogP contribution in [-0.4, -0.2) is 111 Å². The number of aromatic nitrogens is 4. The average molecular weight is 837 g/mol. The minimum absolute atomic E-state index is 0.117. The third-order valence-electron chi connectivity index (χ3n) is 14.0. The van der Waals surface area contributed by atoms with Gasteiger partial charge < -0.3 is 30.1 Å². The van der Waals surface area contributed by atoms with Gasteiger partial charge in [-0.05, 0) is 150 Å². The molecule has 62 heavy (non-hydrogen) atoms. The van der Waals surface area contributed by atoms with E-state index in [1.807, 2.05) is 60.7 Å². The lowest BCUT2D eigenvalue weighted by Gasteiger charge is -2.39. The summed E-state index contributed by atoms with van der Waals surface area (Å²) >= 11 is 0. The fourth-order valence-electron chi connectivity index (χ4n) is 10.5. The number of amides is 3. The minimum atomic E-state index is -0.584. The third kappa shape index (κ3) is 8.37. The predicted octanol–water partition coefficient (Wildman–Crippen LogP) is 6.28. The van der Waals surface area contributed by atoms with E-state index in [4.69, 9.17) is 20.6 Å². The maximum absolute atomic E-state index is 13.2. The number of nitrogens with one attached hydrogen (secondary N) is 1. The van der Waals surface area contributed by atoms with Gasteiger partial charge in [0, 0.05) is 56.0 Å². The second kappa shape index (κ2) is 17.5. The monoisotopic (exact) mass is 836 g/mol. The molecule has 0 spiro atoms. The number of benzene rings is 3. The summed E-state index contributed by atoms with van der Waals surface area (Å²) in [6.07, 6.45) is 10.4. The quantitative estimate of drug-likeness (QED) is 0.145. The highest BCUT2D eigenvalue weighted by Crippen LogP contribution is 2.36. The van der Waals surface area contributed by atoms with Crippen LogP contribution in [0.15, 0.2) is 79.1 Å². The van der Waals surface area contributed by atoms with Gasteiger partial charge in [0.15, 0.2) is 5.65 Å². The summed E-state index contributed by atoms with van der Waals surface area (Å²) in [4.78, 5) is 55.8. The molecule has 2 aromatic heterocycles. The summed E-state index contributed by atoms with van der Waals surface area (Å²) in [7, 11) is 0. The zero-order valence-electron chi connectivity index (χ0n) is 35.3. The molecule has 3 amide bonds. The molecule has 4 saturated heterocycles. The molecule has 5 aliphatic heterocycles. The van der Waals surface area contributed by atoms with Gasteiger partial charge in [-0.1, -0.05) is 18.2 Å². The average Bonchev–Trinajstić information content (AvgIpc) is 3.85. The third-order valence-corrected chi connectivity index (χ3v) is 14.0. The normalized spacial score (nSPS) is 22.0. The van der Waals surface area contributed by atoms with Crippen LogP contribution in [0.3, 0.4) is 0 Å². The highest BCUT2D eigenvalue weighted by molar-refractivity contribution is 6.05. The summed E-state index contributed by atoms with van der Waals surface area (Å²) < 4.78 is 8.15. The van der Waals surface area contributed by atoms with E-state index in [0.717, 1.165) is 96.5 Å². The maximum Gasteiger partial charge on any atom is 0.255 e. The van der Waals surface area contributed by atoms with Crippen molar-refractivity contribution >= 4 is 40.3 Å². The Morgan fingerprint density at radius 1 is 0.790 bits per heavy atom. The molecule has 3 aromatic carbocycles. The number of rotatable bonds is 11. The van der Waals surface area contributed by atoms with Crippen molar-refractivity contribution in [1.82, 2.24) is 39.8 Å². The molecule has 0 radical (unpaired) electrons. The number of fused-ring (bicyclic) bond motifs is 2. The van der Waals surface area contributed by atoms with Gasteiger partial charge in [0.25, 0.3) is 5.91 Å². The summed E-state index contributed by atoms with van der Waals surface area (Å²) in [5, 5.41) is 8.39. The van der Waals surface area contributed by atoms with Gasteiger partial charge in [-0.15, -0.1) is 0 Å². The molecule has 7 heterocycles. The summed E-state index contributed by atoms with van der Waals surface area (Å²) in [5.41, 5.74) is 11.8. The number of para-hydroxylation sites is 1.